The lowest BCUT2D eigenvalue weighted by Crippen LogP contribution is -2.30. The molecule has 5 nitrogen and oxygen atoms in total. The van der Waals surface area contributed by atoms with Crippen molar-refractivity contribution in [2.24, 2.45) is 0 Å². The first-order valence-corrected chi connectivity index (χ1v) is 8.05. The summed E-state index contributed by atoms with van der Waals surface area (Å²) in [6.45, 7) is 0. The second kappa shape index (κ2) is 6.11. The third-order valence-electron chi connectivity index (χ3n) is 3.99. The number of imide groups is 1. The summed E-state index contributed by atoms with van der Waals surface area (Å²) < 4.78 is 0. The molecule has 0 unspecified atom stereocenters. The van der Waals surface area contributed by atoms with E-state index in [4.69, 9.17) is 11.6 Å². The van der Waals surface area contributed by atoms with Gasteiger partial charge in [0.15, 0.2) is 0 Å². The van der Waals surface area contributed by atoms with E-state index in [1.54, 1.807) is 48.7 Å². The molecule has 0 atom stereocenters. The van der Waals surface area contributed by atoms with Crippen LogP contribution in [0.2, 0.25) is 5.15 Å². The highest BCUT2D eigenvalue weighted by molar-refractivity contribution is 6.34. The van der Waals surface area contributed by atoms with Crippen LogP contribution in [0.3, 0.4) is 0 Å². The first-order chi connectivity index (χ1) is 12.1. The van der Waals surface area contributed by atoms with Gasteiger partial charge in [-0.05, 0) is 35.9 Å². The monoisotopic (exact) mass is 349 g/mol. The Balaban J connectivity index is 1.65. The molecular weight excluding hydrogens is 338 g/mol. The number of rotatable bonds is 3. The van der Waals surface area contributed by atoms with Gasteiger partial charge in [-0.3, -0.25) is 9.59 Å². The van der Waals surface area contributed by atoms with Gasteiger partial charge in [-0.25, -0.2) is 14.9 Å². The van der Waals surface area contributed by atoms with Crippen molar-refractivity contribution in [3.8, 4) is 0 Å². The Morgan fingerprint density at radius 2 is 1.60 bits per heavy atom. The van der Waals surface area contributed by atoms with Crippen molar-refractivity contribution >= 4 is 29.2 Å². The Kier molecular flexibility index (Phi) is 3.78. The summed E-state index contributed by atoms with van der Waals surface area (Å²) in [7, 11) is 0. The molecule has 6 heteroatoms. The molecular formula is C19H12ClN3O2. The largest absolute Gasteiger partial charge is 0.268 e. The highest BCUT2D eigenvalue weighted by Gasteiger charge is 2.37. The van der Waals surface area contributed by atoms with Crippen molar-refractivity contribution in [3.63, 3.8) is 0 Å². The highest BCUT2D eigenvalue weighted by Crippen LogP contribution is 2.27. The number of pyridine rings is 2. The number of aromatic nitrogens is 2. The Bertz CT molecular complexity index is 951. The molecule has 1 aromatic carbocycles. The zero-order valence-electron chi connectivity index (χ0n) is 13.0. The summed E-state index contributed by atoms with van der Waals surface area (Å²) in [6, 6.07) is 15.6. The molecule has 0 fully saturated rings. The number of nitrogens with zero attached hydrogens (tertiary/aromatic N) is 3. The molecule has 0 bridgehead atoms. The lowest BCUT2D eigenvalue weighted by atomic mass is 10.1. The van der Waals surface area contributed by atoms with E-state index in [-0.39, 0.29) is 11.8 Å². The van der Waals surface area contributed by atoms with Crippen molar-refractivity contribution in [1.29, 1.82) is 0 Å². The third kappa shape index (κ3) is 2.79. The lowest BCUT2D eigenvalue weighted by molar-refractivity contribution is 0.0925. The van der Waals surface area contributed by atoms with Crippen LogP contribution < -0.4 is 4.90 Å². The van der Waals surface area contributed by atoms with Crippen LogP contribution in [0.15, 0.2) is 60.8 Å². The van der Waals surface area contributed by atoms with Crippen LogP contribution in [0.25, 0.3) is 0 Å². The highest BCUT2D eigenvalue weighted by atomic mass is 35.5. The molecule has 0 saturated heterocycles. The zero-order chi connectivity index (χ0) is 17.4. The average Bonchev–Trinajstić information content (AvgIpc) is 2.89. The number of carbonyl (C=O) groups excluding carboxylic acids is 2. The van der Waals surface area contributed by atoms with Gasteiger partial charge in [0.05, 0.1) is 11.1 Å². The molecule has 0 spiro atoms. The van der Waals surface area contributed by atoms with Crippen LogP contribution >= 0.6 is 11.6 Å². The first-order valence-electron chi connectivity index (χ1n) is 7.67. The number of halogens is 1. The second-order valence-corrected chi connectivity index (χ2v) is 6.03. The van der Waals surface area contributed by atoms with E-state index in [9.17, 15) is 9.59 Å². The summed E-state index contributed by atoms with van der Waals surface area (Å²) in [5.74, 6) is -0.373. The molecule has 0 aliphatic carbocycles. The van der Waals surface area contributed by atoms with Crippen LogP contribution in [-0.4, -0.2) is 21.8 Å². The molecule has 0 saturated carbocycles. The summed E-state index contributed by atoms with van der Waals surface area (Å²) in [4.78, 5) is 34.8. The molecule has 122 valence electrons. The van der Waals surface area contributed by atoms with E-state index in [0.29, 0.717) is 28.5 Å². The topological polar surface area (TPSA) is 63.2 Å². The van der Waals surface area contributed by atoms with E-state index < -0.39 is 0 Å². The maximum absolute atomic E-state index is 12.6. The quantitative estimate of drug-likeness (QED) is 0.536. The molecule has 0 N–H and O–H groups in total. The van der Waals surface area contributed by atoms with E-state index in [1.807, 2.05) is 12.1 Å². The molecule has 25 heavy (non-hydrogen) atoms. The van der Waals surface area contributed by atoms with Gasteiger partial charge in [-0.2, -0.15) is 0 Å². The fourth-order valence-corrected chi connectivity index (χ4v) is 2.92. The van der Waals surface area contributed by atoms with Gasteiger partial charge in [0.2, 0.25) is 0 Å². The number of amides is 2. The molecule has 3 heterocycles. The van der Waals surface area contributed by atoms with Crippen molar-refractivity contribution in [2.75, 3.05) is 4.90 Å². The van der Waals surface area contributed by atoms with Gasteiger partial charge in [-0.15, -0.1) is 0 Å². The fraction of sp³-hybridized carbons (Fsp3) is 0.0526. The van der Waals surface area contributed by atoms with Gasteiger partial charge in [-0.1, -0.05) is 35.9 Å². The molecule has 1 aliphatic heterocycles. The van der Waals surface area contributed by atoms with Crippen LogP contribution in [0.5, 0.6) is 0 Å². The summed E-state index contributed by atoms with van der Waals surface area (Å²) in [6.07, 6.45) is 2.21. The van der Waals surface area contributed by atoms with Gasteiger partial charge in [0, 0.05) is 18.3 Å². The summed E-state index contributed by atoms with van der Waals surface area (Å²) in [5.41, 5.74) is 2.48. The van der Waals surface area contributed by atoms with Gasteiger partial charge in [0.1, 0.15) is 11.0 Å². The summed E-state index contributed by atoms with van der Waals surface area (Å²) >= 11 is 5.79. The normalized spacial score (nSPS) is 13.2. The average molecular weight is 350 g/mol. The number of carbonyl (C=O) groups is 2. The van der Waals surface area contributed by atoms with Crippen molar-refractivity contribution < 1.29 is 9.59 Å². The molecule has 2 aromatic heterocycles. The SMILES string of the molecule is O=C1c2ccccc2C(=O)N1c1cccc(Cc2ccc(Cl)nc2)n1. The lowest BCUT2D eigenvalue weighted by Gasteiger charge is -2.13. The maximum Gasteiger partial charge on any atom is 0.267 e. The first kappa shape index (κ1) is 15.5. The number of fused-ring (bicyclic) bond motifs is 1. The van der Waals surface area contributed by atoms with Crippen LogP contribution in [-0.2, 0) is 6.42 Å². The smallest absolute Gasteiger partial charge is 0.267 e. The number of hydrogen-bond acceptors (Lipinski definition) is 4. The van der Waals surface area contributed by atoms with Crippen molar-refractivity contribution in [2.45, 2.75) is 6.42 Å². The number of benzene rings is 1. The Hall–Kier alpha value is -3.05. The van der Waals surface area contributed by atoms with Crippen LogP contribution in [0, 0.1) is 0 Å². The minimum atomic E-state index is -0.349. The minimum Gasteiger partial charge on any atom is -0.268 e. The minimum absolute atomic E-state index is 0.325. The van der Waals surface area contributed by atoms with Crippen molar-refractivity contribution in [1.82, 2.24) is 9.97 Å². The van der Waals surface area contributed by atoms with E-state index >= 15 is 0 Å². The van der Waals surface area contributed by atoms with Crippen LogP contribution in [0.1, 0.15) is 32.0 Å². The van der Waals surface area contributed by atoms with Crippen molar-refractivity contribution in [3.05, 3.63) is 88.3 Å². The van der Waals surface area contributed by atoms with Gasteiger partial charge < -0.3 is 0 Å². The van der Waals surface area contributed by atoms with E-state index in [2.05, 4.69) is 9.97 Å². The maximum atomic E-state index is 12.6. The fourth-order valence-electron chi connectivity index (χ4n) is 2.81. The Labute approximate surface area is 148 Å². The predicted molar refractivity (Wildman–Crippen MR) is 93.9 cm³/mol. The Morgan fingerprint density at radius 3 is 2.24 bits per heavy atom. The molecule has 0 radical (unpaired) electrons. The standard InChI is InChI=1S/C19H12ClN3O2/c20-16-9-8-12(11-21-16)10-13-4-3-7-17(22-13)23-18(24)14-5-1-2-6-15(14)19(23)25/h1-9,11H,10H2. The van der Waals surface area contributed by atoms with E-state index in [1.165, 1.54) is 0 Å². The van der Waals surface area contributed by atoms with Gasteiger partial charge in [0.25, 0.3) is 11.8 Å². The Morgan fingerprint density at radius 1 is 0.880 bits per heavy atom. The van der Waals surface area contributed by atoms with Gasteiger partial charge >= 0.3 is 0 Å². The van der Waals surface area contributed by atoms with Crippen LogP contribution in [0.4, 0.5) is 5.82 Å². The number of anilines is 1. The molecule has 1 aliphatic rings. The predicted octanol–water partition coefficient (Wildman–Crippen LogP) is 3.52. The summed E-state index contributed by atoms with van der Waals surface area (Å²) in [5, 5.41) is 0.427. The molecule has 3 aromatic rings. The molecule has 2 amide bonds. The second-order valence-electron chi connectivity index (χ2n) is 5.64. The molecule has 4 rings (SSSR count). The van der Waals surface area contributed by atoms with E-state index in [0.717, 1.165) is 16.2 Å². The zero-order valence-corrected chi connectivity index (χ0v) is 13.8. The third-order valence-corrected chi connectivity index (χ3v) is 4.21. The number of hydrogen-bond donors (Lipinski definition) is 0.